The number of ether oxygens (including phenoxy) is 1. The summed E-state index contributed by atoms with van der Waals surface area (Å²) in [6, 6.07) is 14.3. The lowest BCUT2D eigenvalue weighted by molar-refractivity contribution is 0.122. The van der Waals surface area contributed by atoms with Crippen molar-refractivity contribution in [3.63, 3.8) is 0 Å². The highest BCUT2D eigenvalue weighted by atomic mass is 16.5. The van der Waals surface area contributed by atoms with Crippen molar-refractivity contribution >= 4 is 0 Å². The summed E-state index contributed by atoms with van der Waals surface area (Å²) in [5.41, 5.74) is 4.39. The molecular formula is C19H25NO2. The van der Waals surface area contributed by atoms with Crippen LogP contribution in [0.3, 0.4) is 0 Å². The maximum Gasteiger partial charge on any atom is 0.119 e. The van der Waals surface area contributed by atoms with Crippen LogP contribution in [0.4, 0.5) is 0 Å². The van der Waals surface area contributed by atoms with E-state index in [0.717, 1.165) is 29.0 Å². The number of methoxy groups -OCH3 is 1. The third kappa shape index (κ3) is 4.09. The summed E-state index contributed by atoms with van der Waals surface area (Å²) >= 11 is 0. The first-order chi connectivity index (χ1) is 10.5. The molecule has 2 rings (SSSR count). The van der Waals surface area contributed by atoms with Gasteiger partial charge in [-0.2, -0.15) is 0 Å². The fourth-order valence-corrected chi connectivity index (χ4v) is 2.92. The molecule has 1 unspecified atom stereocenters. The van der Waals surface area contributed by atoms with Crippen LogP contribution in [0.5, 0.6) is 5.75 Å². The molecule has 0 heterocycles. The standard InChI is InChI=1S/C19H25NO2/c1-14-10-17(22-4)11-15(2)19(14)18(21)13-20(3)12-16-8-6-5-7-9-16/h5-11,18,21H,12-13H2,1-4H3. The summed E-state index contributed by atoms with van der Waals surface area (Å²) in [4.78, 5) is 2.14. The van der Waals surface area contributed by atoms with E-state index < -0.39 is 6.10 Å². The fraction of sp³-hybridized carbons (Fsp3) is 0.368. The van der Waals surface area contributed by atoms with Gasteiger partial charge < -0.3 is 9.84 Å². The summed E-state index contributed by atoms with van der Waals surface area (Å²) in [6.07, 6.45) is -0.500. The molecule has 118 valence electrons. The van der Waals surface area contributed by atoms with Crippen molar-refractivity contribution in [3.8, 4) is 5.75 Å². The lowest BCUT2D eigenvalue weighted by Crippen LogP contribution is -2.25. The first-order valence-electron chi connectivity index (χ1n) is 7.57. The Labute approximate surface area is 133 Å². The van der Waals surface area contributed by atoms with Crippen LogP contribution < -0.4 is 4.74 Å². The molecule has 0 aromatic heterocycles. The van der Waals surface area contributed by atoms with E-state index in [2.05, 4.69) is 17.0 Å². The van der Waals surface area contributed by atoms with Gasteiger partial charge in [0.1, 0.15) is 5.75 Å². The Hall–Kier alpha value is -1.84. The molecule has 0 saturated carbocycles. The van der Waals surface area contributed by atoms with Crippen LogP contribution >= 0.6 is 0 Å². The van der Waals surface area contributed by atoms with Crippen LogP contribution in [0.25, 0.3) is 0 Å². The van der Waals surface area contributed by atoms with Crippen molar-refractivity contribution in [1.82, 2.24) is 4.90 Å². The van der Waals surface area contributed by atoms with Gasteiger partial charge in [-0.05, 0) is 55.3 Å². The quantitative estimate of drug-likeness (QED) is 0.886. The average Bonchev–Trinajstić information content (AvgIpc) is 2.47. The van der Waals surface area contributed by atoms with Crippen LogP contribution in [0.2, 0.25) is 0 Å². The zero-order valence-corrected chi connectivity index (χ0v) is 13.8. The Kier molecular flexibility index (Phi) is 5.58. The molecule has 0 aliphatic heterocycles. The molecule has 0 aliphatic rings. The van der Waals surface area contributed by atoms with Crippen LogP contribution in [0, 0.1) is 13.8 Å². The minimum Gasteiger partial charge on any atom is -0.497 e. The summed E-state index contributed by atoms with van der Waals surface area (Å²) in [5, 5.41) is 10.6. The molecular weight excluding hydrogens is 274 g/mol. The molecule has 0 bridgehead atoms. The van der Waals surface area contributed by atoms with E-state index in [1.54, 1.807) is 7.11 Å². The lowest BCUT2D eigenvalue weighted by Gasteiger charge is -2.23. The predicted octanol–water partition coefficient (Wildman–Crippen LogP) is 3.48. The van der Waals surface area contributed by atoms with Crippen molar-refractivity contribution in [1.29, 1.82) is 0 Å². The monoisotopic (exact) mass is 299 g/mol. The number of hydrogen-bond acceptors (Lipinski definition) is 3. The van der Waals surface area contributed by atoms with Gasteiger partial charge in [-0.15, -0.1) is 0 Å². The van der Waals surface area contributed by atoms with E-state index in [0.29, 0.717) is 6.54 Å². The van der Waals surface area contributed by atoms with Gasteiger partial charge in [0.25, 0.3) is 0 Å². The number of aliphatic hydroxyl groups is 1. The maximum absolute atomic E-state index is 10.6. The molecule has 1 atom stereocenters. The van der Waals surface area contributed by atoms with E-state index >= 15 is 0 Å². The summed E-state index contributed by atoms with van der Waals surface area (Å²) in [5.74, 6) is 0.837. The molecule has 0 spiro atoms. The van der Waals surface area contributed by atoms with Crippen molar-refractivity contribution in [2.75, 3.05) is 20.7 Å². The largest absolute Gasteiger partial charge is 0.497 e. The van der Waals surface area contributed by atoms with Crippen molar-refractivity contribution < 1.29 is 9.84 Å². The fourth-order valence-electron chi connectivity index (χ4n) is 2.92. The van der Waals surface area contributed by atoms with Gasteiger partial charge in [0.2, 0.25) is 0 Å². The number of aliphatic hydroxyl groups excluding tert-OH is 1. The molecule has 2 aromatic carbocycles. The normalized spacial score (nSPS) is 12.5. The Morgan fingerprint density at radius 3 is 2.23 bits per heavy atom. The van der Waals surface area contributed by atoms with Gasteiger partial charge in [-0.1, -0.05) is 30.3 Å². The number of rotatable bonds is 6. The first kappa shape index (κ1) is 16.5. The van der Waals surface area contributed by atoms with Crippen LogP contribution in [0.15, 0.2) is 42.5 Å². The van der Waals surface area contributed by atoms with Crippen molar-refractivity contribution in [3.05, 3.63) is 64.7 Å². The summed E-state index contributed by atoms with van der Waals surface area (Å²) < 4.78 is 5.28. The molecule has 0 amide bonds. The molecule has 3 heteroatoms. The van der Waals surface area contributed by atoms with E-state index in [1.807, 2.05) is 51.2 Å². The second kappa shape index (κ2) is 7.43. The summed E-state index contributed by atoms with van der Waals surface area (Å²) in [7, 11) is 3.70. The number of likely N-dealkylation sites (N-methyl/N-ethyl adjacent to an activating group) is 1. The smallest absolute Gasteiger partial charge is 0.119 e. The number of benzene rings is 2. The highest BCUT2D eigenvalue weighted by Crippen LogP contribution is 2.27. The van der Waals surface area contributed by atoms with E-state index in [-0.39, 0.29) is 0 Å². The maximum atomic E-state index is 10.6. The predicted molar refractivity (Wildman–Crippen MR) is 90.2 cm³/mol. The minimum atomic E-state index is -0.500. The highest BCUT2D eigenvalue weighted by molar-refractivity contribution is 5.42. The third-order valence-electron chi connectivity index (χ3n) is 3.92. The number of aryl methyl sites for hydroxylation is 2. The molecule has 1 N–H and O–H groups in total. The topological polar surface area (TPSA) is 32.7 Å². The second-order valence-corrected chi connectivity index (χ2v) is 5.87. The molecule has 0 saturated heterocycles. The average molecular weight is 299 g/mol. The first-order valence-corrected chi connectivity index (χ1v) is 7.57. The lowest BCUT2D eigenvalue weighted by atomic mass is 9.97. The van der Waals surface area contributed by atoms with Gasteiger partial charge in [-0.25, -0.2) is 0 Å². The van der Waals surface area contributed by atoms with Gasteiger partial charge in [0.15, 0.2) is 0 Å². The van der Waals surface area contributed by atoms with Gasteiger partial charge in [0, 0.05) is 13.1 Å². The molecule has 0 fully saturated rings. The van der Waals surface area contributed by atoms with Crippen molar-refractivity contribution in [2.45, 2.75) is 26.5 Å². The zero-order chi connectivity index (χ0) is 16.1. The highest BCUT2D eigenvalue weighted by Gasteiger charge is 2.16. The molecule has 2 aromatic rings. The molecule has 0 radical (unpaired) electrons. The van der Waals surface area contributed by atoms with Crippen molar-refractivity contribution in [2.24, 2.45) is 0 Å². The Morgan fingerprint density at radius 1 is 1.09 bits per heavy atom. The van der Waals surface area contributed by atoms with Crippen LogP contribution in [-0.2, 0) is 6.54 Å². The Bertz CT molecular complexity index is 587. The number of hydrogen-bond donors (Lipinski definition) is 1. The number of nitrogens with zero attached hydrogens (tertiary/aromatic N) is 1. The van der Waals surface area contributed by atoms with Gasteiger partial charge in [0.05, 0.1) is 13.2 Å². The van der Waals surface area contributed by atoms with Crippen LogP contribution in [0.1, 0.15) is 28.4 Å². The zero-order valence-electron chi connectivity index (χ0n) is 13.8. The third-order valence-corrected chi connectivity index (χ3v) is 3.92. The van der Waals surface area contributed by atoms with Gasteiger partial charge in [-0.3, -0.25) is 4.90 Å². The summed E-state index contributed by atoms with van der Waals surface area (Å²) in [6.45, 7) is 5.46. The van der Waals surface area contributed by atoms with Gasteiger partial charge >= 0.3 is 0 Å². The SMILES string of the molecule is COc1cc(C)c(C(O)CN(C)Cc2ccccc2)c(C)c1. The second-order valence-electron chi connectivity index (χ2n) is 5.87. The molecule has 22 heavy (non-hydrogen) atoms. The molecule has 3 nitrogen and oxygen atoms in total. The Morgan fingerprint density at radius 2 is 1.68 bits per heavy atom. The van der Waals surface area contributed by atoms with E-state index in [1.165, 1.54) is 5.56 Å². The van der Waals surface area contributed by atoms with E-state index in [9.17, 15) is 5.11 Å². The molecule has 0 aliphatic carbocycles. The minimum absolute atomic E-state index is 0.500. The van der Waals surface area contributed by atoms with Crippen LogP contribution in [-0.4, -0.2) is 30.7 Å². The van der Waals surface area contributed by atoms with E-state index in [4.69, 9.17) is 4.74 Å². The Balaban J connectivity index is 2.07.